The van der Waals surface area contributed by atoms with Crippen LogP contribution in [0.3, 0.4) is 0 Å². The van der Waals surface area contributed by atoms with Crippen molar-refractivity contribution in [1.82, 2.24) is 9.78 Å². The summed E-state index contributed by atoms with van der Waals surface area (Å²) >= 11 is 0. The van der Waals surface area contributed by atoms with Crippen molar-refractivity contribution in [2.75, 3.05) is 25.2 Å². The Morgan fingerprint density at radius 1 is 1.30 bits per heavy atom. The zero-order chi connectivity index (χ0) is 19.6. The second kappa shape index (κ2) is 7.59. The van der Waals surface area contributed by atoms with Crippen LogP contribution in [-0.2, 0) is 12.7 Å². The van der Waals surface area contributed by atoms with Crippen LogP contribution in [0.25, 0.3) is 0 Å². The van der Waals surface area contributed by atoms with Crippen molar-refractivity contribution in [1.29, 1.82) is 0 Å². The summed E-state index contributed by atoms with van der Waals surface area (Å²) < 4.78 is 46.8. The van der Waals surface area contributed by atoms with Crippen molar-refractivity contribution >= 4 is 5.69 Å². The first-order chi connectivity index (χ1) is 12.8. The van der Waals surface area contributed by atoms with Crippen LogP contribution in [0.5, 0.6) is 5.75 Å². The van der Waals surface area contributed by atoms with Gasteiger partial charge in [-0.1, -0.05) is 12.1 Å². The molecule has 1 saturated heterocycles. The summed E-state index contributed by atoms with van der Waals surface area (Å²) in [6, 6.07) is 6.21. The highest BCUT2D eigenvalue weighted by atomic mass is 19.4. The zero-order valence-corrected chi connectivity index (χ0v) is 14.7. The average molecular weight is 383 g/mol. The first-order valence-electron chi connectivity index (χ1n) is 8.53. The number of aliphatic hydroxyl groups excluding tert-OH is 1. The molecule has 0 amide bonds. The van der Waals surface area contributed by atoms with Gasteiger partial charge in [0.2, 0.25) is 0 Å². The molecular weight excluding hydrogens is 363 g/mol. The maximum absolute atomic E-state index is 13.7. The molecule has 1 aliphatic rings. The lowest BCUT2D eigenvalue weighted by Gasteiger charge is -2.27. The molecule has 1 fully saturated rings. The summed E-state index contributed by atoms with van der Waals surface area (Å²) in [5.41, 5.74) is -2.08. The fourth-order valence-corrected chi connectivity index (χ4v) is 3.32. The Hall–Kier alpha value is -2.55. The molecule has 0 radical (unpaired) electrons. The fraction of sp³-hybridized carbons (Fsp3) is 0.444. The Morgan fingerprint density at radius 2 is 2.00 bits per heavy atom. The Bertz CT molecular complexity index is 850. The zero-order valence-electron chi connectivity index (χ0n) is 14.7. The molecule has 27 heavy (non-hydrogen) atoms. The minimum Gasteiger partial charge on any atom is -0.497 e. The highest BCUT2D eigenvalue weighted by Gasteiger charge is 2.41. The molecule has 1 aromatic carbocycles. The van der Waals surface area contributed by atoms with E-state index in [2.05, 4.69) is 5.10 Å². The minimum absolute atomic E-state index is 0.0877. The van der Waals surface area contributed by atoms with Gasteiger partial charge >= 0.3 is 6.18 Å². The third kappa shape index (κ3) is 3.92. The van der Waals surface area contributed by atoms with E-state index in [9.17, 15) is 23.1 Å². The molecule has 146 valence electrons. The number of halogens is 3. The van der Waals surface area contributed by atoms with Crippen LogP contribution in [0.4, 0.5) is 18.9 Å². The first-order valence-corrected chi connectivity index (χ1v) is 8.53. The van der Waals surface area contributed by atoms with E-state index in [4.69, 9.17) is 4.74 Å². The summed E-state index contributed by atoms with van der Waals surface area (Å²) in [4.78, 5) is 14.0. The molecule has 1 N–H and O–H groups in total. The molecule has 0 spiro atoms. The smallest absolute Gasteiger partial charge is 0.423 e. The average Bonchev–Trinajstić information content (AvgIpc) is 3.11. The van der Waals surface area contributed by atoms with Gasteiger partial charge in [0.15, 0.2) is 0 Å². The highest BCUT2D eigenvalue weighted by Crippen LogP contribution is 2.36. The van der Waals surface area contributed by atoms with Crippen LogP contribution in [-0.4, -0.2) is 41.2 Å². The van der Waals surface area contributed by atoms with E-state index in [-0.39, 0.29) is 18.8 Å². The van der Waals surface area contributed by atoms with Gasteiger partial charge in [0, 0.05) is 6.54 Å². The molecular formula is C18H20F3N3O3. The minimum atomic E-state index is -4.82. The second-order valence-corrected chi connectivity index (χ2v) is 6.39. The number of nitrogens with zero attached hydrogens (tertiary/aromatic N) is 3. The van der Waals surface area contributed by atoms with E-state index >= 15 is 0 Å². The Balaban J connectivity index is 2.01. The number of aliphatic hydroxyl groups is 1. The monoisotopic (exact) mass is 383 g/mol. The van der Waals surface area contributed by atoms with E-state index in [1.165, 1.54) is 12.0 Å². The maximum Gasteiger partial charge on any atom is 0.423 e. The van der Waals surface area contributed by atoms with Gasteiger partial charge in [0.25, 0.3) is 5.56 Å². The molecule has 3 rings (SSSR count). The Kier molecular flexibility index (Phi) is 5.41. The van der Waals surface area contributed by atoms with Gasteiger partial charge in [-0.05, 0) is 30.5 Å². The molecule has 0 bridgehead atoms. The van der Waals surface area contributed by atoms with Crippen molar-refractivity contribution < 1.29 is 23.0 Å². The van der Waals surface area contributed by atoms with Crippen LogP contribution >= 0.6 is 0 Å². The van der Waals surface area contributed by atoms with Gasteiger partial charge in [-0.25, -0.2) is 4.68 Å². The summed E-state index contributed by atoms with van der Waals surface area (Å²) in [7, 11) is 1.51. The van der Waals surface area contributed by atoms with E-state index in [1.54, 1.807) is 24.3 Å². The van der Waals surface area contributed by atoms with E-state index in [0.717, 1.165) is 10.9 Å². The van der Waals surface area contributed by atoms with Crippen LogP contribution in [0.15, 0.2) is 35.3 Å². The molecule has 0 saturated carbocycles. The predicted molar refractivity (Wildman–Crippen MR) is 93.0 cm³/mol. The molecule has 2 heterocycles. The van der Waals surface area contributed by atoms with E-state index in [0.29, 0.717) is 30.7 Å². The molecule has 9 heteroatoms. The Morgan fingerprint density at radius 3 is 2.59 bits per heavy atom. The second-order valence-electron chi connectivity index (χ2n) is 6.39. The van der Waals surface area contributed by atoms with Gasteiger partial charge in [-0.15, -0.1) is 0 Å². The van der Waals surface area contributed by atoms with Gasteiger partial charge in [0.05, 0.1) is 38.2 Å². The number of benzene rings is 1. The summed E-state index contributed by atoms with van der Waals surface area (Å²) in [5, 5.41) is 13.4. The highest BCUT2D eigenvalue weighted by molar-refractivity contribution is 5.54. The largest absolute Gasteiger partial charge is 0.497 e. The normalized spacial score (nSPS) is 17.4. The number of hydrogen-bond donors (Lipinski definition) is 1. The summed E-state index contributed by atoms with van der Waals surface area (Å²) in [5.74, 6) is 0.606. The van der Waals surface area contributed by atoms with Crippen LogP contribution in [0, 0.1) is 0 Å². The number of methoxy groups -OCH3 is 1. The van der Waals surface area contributed by atoms with Crippen molar-refractivity contribution in [2.45, 2.75) is 31.6 Å². The molecule has 0 aliphatic carbocycles. The van der Waals surface area contributed by atoms with Crippen molar-refractivity contribution in [3.63, 3.8) is 0 Å². The molecule has 1 aromatic heterocycles. The summed E-state index contributed by atoms with van der Waals surface area (Å²) in [6.07, 6.45) is -2.53. The maximum atomic E-state index is 13.7. The number of hydrogen-bond acceptors (Lipinski definition) is 5. The topological polar surface area (TPSA) is 67.6 Å². The van der Waals surface area contributed by atoms with E-state index in [1.807, 2.05) is 0 Å². The number of ether oxygens (including phenoxy) is 1. The van der Waals surface area contributed by atoms with Crippen molar-refractivity contribution in [3.8, 4) is 5.75 Å². The van der Waals surface area contributed by atoms with Gasteiger partial charge in [0.1, 0.15) is 11.3 Å². The quantitative estimate of drug-likeness (QED) is 0.858. The predicted octanol–water partition coefficient (Wildman–Crippen LogP) is 2.28. The molecule has 2 aromatic rings. The lowest BCUT2D eigenvalue weighted by atomic mass is 10.1. The Labute approximate surface area is 153 Å². The first kappa shape index (κ1) is 19.2. The molecule has 1 aliphatic heterocycles. The molecule has 1 unspecified atom stereocenters. The number of anilines is 1. The van der Waals surface area contributed by atoms with Gasteiger partial charge < -0.3 is 14.7 Å². The number of alkyl halides is 3. The third-order valence-corrected chi connectivity index (χ3v) is 4.70. The van der Waals surface area contributed by atoms with Crippen LogP contribution < -0.4 is 15.2 Å². The third-order valence-electron chi connectivity index (χ3n) is 4.70. The standard InChI is InChI=1S/C18H20F3N3O3/c1-27-14-6-4-12(5-7-14)10-24-17(26)16(18(19,20)21)15(9-22-24)23-8-2-3-13(23)11-25/h4-7,9,13,25H,2-3,8,10-11H2,1H3. The lowest BCUT2D eigenvalue weighted by Crippen LogP contribution is -2.38. The molecule has 1 atom stereocenters. The van der Waals surface area contributed by atoms with Crippen LogP contribution in [0.2, 0.25) is 0 Å². The van der Waals surface area contributed by atoms with Crippen molar-refractivity contribution in [2.24, 2.45) is 0 Å². The van der Waals surface area contributed by atoms with Crippen molar-refractivity contribution in [3.05, 3.63) is 51.9 Å². The van der Waals surface area contributed by atoms with E-state index < -0.39 is 23.3 Å². The fourth-order valence-electron chi connectivity index (χ4n) is 3.32. The van der Waals surface area contributed by atoms with Crippen LogP contribution in [0.1, 0.15) is 24.0 Å². The molecule has 6 nitrogen and oxygen atoms in total. The SMILES string of the molecule is COc1ccc(Cn2ncc(N3CCCC3CO)c(C(F)(F)F)c2=O)cc1. The number of rotatable bonds is 5. The lowest BCUT2D eigenvalue weighted by molar-refractivity contribution is -0.138. The van der Waals surface area contributed by atoms with Gasteiger partial charge in [-0.2, -0.15) is 18.3 Å². The van der Waals surface area contributed by atoms with Gasteiger partial charge in [-0.3, -0.25) is 4.79 Å². The number of aromatic nitrogens is 2. The summed E-state index contributed by atoms with van der Waals surface area (Å²) in [6.45, 7) is -0.0141.